The number of hydrogen-bond donors (Lipinski definition) is 1. The molecule has 0 atom stereocenters. The number of ether oxygens (including phenoxy) is 1. The Hall–Kier alpha value is -4.42. The van der Waals surface area contributed by atoms with Crippen molar-refractivity contribution in [2.45, 2.75) is 32.9 Å². The Balaban J connectivity index is 1.83. The van der Waals surface area contributed by atoms with Crippen molar-refractivity contribution >= 4 is 41.9 Å². The summed E-state index contributed by atoms with van der Waals surface area (Å²) in [7, 11) is 1.66. The maximum absolute atomic E-state index is 12.8. The van der Waals surface area contributed by atoms with Crippen molar-refractivity contribution in [2.75, 3.05) is 7.05 Å². The van der Waals surface area contributed by atoms with Crippen molar-refractivity contribution in [3.05, 3.63) is 82.7 Å². The number of rotatable bonds is 7. The highest BCUT2D eigenvalue weighted by Gasteiger charge is 2.19. The molecule has 190 valence electrons. The van der Waals surface area contributed by atoms with E-state index in [4.69, 9.17) is 21.6 Å². The van der Waals surface area contributed by atoms with E-state index in [1.165, 1.54) is 16.0 Å². The Bertz CT molecular complexity index is 1270. The van der Waals surface area contributed by atoms with E-state index in [1.54, 1.807) is 67.7 Å². The van der Waals surface area contributed by atoms with Gasteiger partial charge in [-0.2, -0.15) is 5.26 Å². The van der Waals surface area contributed by atoms with Crippen LogP contribution in [-0.2, 0) is 11.3 Å². The van der Waals surface area contributed by atoms with E-state index in [9.17, 15) is 9.59 Å². The standard InChI is InChI=1S/C27H27ClN6O3/c1-19(2)33(3)27(36)32-26(34(18-35)17-20-7-9-22(28)10-8-20)31-23-11-13-24(14-12-23)37-25-6-4-5-21(15-29)16-30-25/h5-14,16,18-19H,4,17H2,1-3H3,(H,31,32,36). The predicted octanol–water partition coefficient (Wildman–Crippen LogP) is 5.18. The first-order valence-electron chi connectivity index (χ1n) is 11.5. The number of allylic oxidation sites excluding steroid dienone is 3. The molecule has 3 rings (SSSR count). The van der Waals surface area contributed by atoms with Crippen molar-refractivity contribution in [1.82, 2.24) is 15.1 Å². The molecule has 0 saturated heterocycles. The molecule has 10 heteroatoms. The molecule has 0 saturated carbocycles. The number of nitrogens with zero attached hydrogens (tertiary/aromatic N) is 5. The third-order valence-corrected chi connectivity index (χ3v) is 5.62. The smallest absolute Gasteiger partial charge is 0.324 e. The molecule has 1 N–H and O–H groups in total. The minimum absolute atomic E-state index is 0.0565. The third kappa shape index (κ3) is 8.05. The van der Waals surface area contributed by atoms with Crippen LogP contribution in [0, 0.1) is 11.3 Å². The van der Waals surface area contributed by atoms with Gasteiger partial charge in [-0.15, -0.1) is 0 Å². The number of hydrogen-bond acceptors (Lipinski definition) is 6. The van der Waals surface area contributed by atoms with Gasteiger partial charge in [-0.25, -0.2) is 14.8 Å². The average Bonchev–Trinajstić information content (AvgIpc) is 3.13. The summed E-state index contributed by atoms with van der Waals surface area (Å²) < 4.78 is 5.79. The van der Waals surface area contributed by atoms with E-state index in [0.717, 1.165) is 5.56 Å². The van der Waals surface area contributed by atoms with E-state index < -0.39 is 6.03 Å². The van der Waals surface area contributed by atoms with Crippen LogP contribution in [0.1, 0.15) is 25.8 Å². The highest BCUT2D eigenvalue weighted by Crippen LogP contribution is 2.22. The molecule has 0 spiro atoms. The van der Waals surface area contributed by atoms with Crippen molar-refractivity contribution in [1.29, 1.82) is 5.26 Å². The van der Waals surface area contributed by atoms with Crippen LogP contribution in [0.3, 0.4) is 0 Å². The van der Waals surface area contributed by atoms with Gasteiger partial charge in [-0.05, 0) is 68.3 Å². The van der Waals surface area contributed by atoms with Gasteiger partial charge in [0.05, 0.1) is 17.8 Å². The van der Waals surface area contributed by atoms with E-state index in [0.29, 0.717) is 40.7 Å². The van der Waals surface area contributed by atoms with Crippen LogP contribution in [0.25, 0.3) is 0 Å². The summed E-state index contributed by atoms with van der Waals surface area (Å²) in [4.78, 5) is 36.3. The number of nitriles is 1. The predicted molar refractivity (Wildman–Crippen MR) is 144 cm³/mol. The van der Waals surface area contributed by atoms with Gasteiger partial charge < -0.3 is 9.64 Å². The lowest BCUT2D eigenvalue weighted by molar-refractivity contribution is -0.115. The average molecular weight is 519 g/mol. The number of nitrogens with one attached hydrogen (secondary N) is 1. The molecule has 2 aromatic rings. The van der Waals surface area contributed by atoms with Crippen LogP contribution in [0.2, 0.25) is 5.02 Å². The SMILES string of the molecule is CC(C)N(C)C(=O)NC(=Nc1ccc(OC2=CCC=C(C#N)C=N2)cc1)N(C=O)Cc1ccc(Cl)cc1. The summed E-state index contributed by atoms with van der Waals surface area (Å²) in [6, 6.07) is 15.4. The maximum atomic E-state index is 12.8. The van der Waals surface area contributed by atoms with Crippen molar-refractivity contribution in [3.63, 3.8) is 0 Å². The van der Waals surface area contributed by atoms with Crippen LogP contribution < -0.4 is 10.1 Å². The quantitative estimate of drug-likeness (QED) is 0.309. The second kappa shape index (κ2) is 13.0. The molecule has 0 unspecified atom stereocenters. The number of aliphatic imine (C=N–C) groups is 2. The van der Waals surface area contributed by atoms with Crippen LogP contribution in [0.15, 0.2) is 82.1 Å². The second-order valence-electron chi connectivity index (χ2n) is 8.33. The highest BCUT2D eigenvalue weighted by molar-refractivity contribution is 6.30. The molecule has 1 aliphatic rings. The first-order chi connectivity index (χ1) is 17.8. The Kier molecular flexibility index (Phi) is 9.58. The fourth-order valence-corrected chi connectivity index (χ4v) is 3.16. The summed E-state index contributed by atoms with van der Waals surface area (Å²) in [5.41, 5.74) is 1.77. The largest absolute Gasteiger partial charge is 0.439 e. The van der Waals surface area contributed by atoms with Gasteiger partial charge in [-0.3, -0.25) is 15.0 Å². The fourth-order valence-electron chi connectivity index (χ4n) is 3.03. The number of guanidine groups is 1. The zero-order valence-corrected chi connectivity index (χ0v) is 21.5. The molecule has 0 aromatic heterocycles. The maximum Gasteiger partial charge on any atom is 0.324 e. The van der Waals surface area contributed by atoms with Crippen LogP contribution in [0.4, 0.5) is 10.5 Å². The van der Waals surface area contributed by atoms with Gasteiger partial charge in [0.15, 0.2) is 0 Å². The zero-order chi connectivity index (χ0) is 26.8. The molecule has 0 bridgehead atoms. The molecule has 9 nitrogen and oxygen atoms in total. The minimum Gasteiger partial charge on any atom is -0.439 e. The molecular formula is C27H27ClN6O3. The number of benzene rings is 2. The topological polar surface area (TPSA) is 110 Å². The Labute approximate surface area is 221 Å². The first kappa shape index (κ1) is 27.2. The number of halogens is 1. The van der Waals surface area contributed by atoms with E-state index in [-0.39, 0.29) is 18.5 Å². The summed E-state index contributed by atoms with van der Waals surface area (Å²) in [6.45, 7) is 3.94. The molecule has 1 heterocycles. The first-order valence-corrected chi connectivity index (χ1v) is 11.9. The minimum atomic E-state index is -0.403. The zero-order valence-electron chi connectivity index (χ0n) is 20.8. The molecule has 2 aromatic carbocycles. The Morgan fingerprint density at radius 1 is 1.22 bits per heavy atom. The number of carbonyl (C=O) groups is 2. The summed E-state index contributed by atoms with van der Waals surface area (Å²) in [5.74, 6) is 0.959. The fraction of sp³-hybridized carbons (Fsp3) is 0.222. The van der Waals surface area contributed by atoms with Gasteiger partial charge >= 0.3 is 6.03 Å². The molecule has 0 radical (unpaired) electrons. The number of urea groups is 1. The normalized spacial score (nSPS) is 13.1. The Morgan fingerprint density at radius 2 is 1.92 bits per heavy atom. The van der Waals surface area contributed by atoms with Gasteiger partial charge in [0, 0.05) is 24.3 Å². The lowest BCUT2D eigenvalue weighted by Crippen LogP contribution is -2.49. The van der Waals surface area contributed by atoms with Gasteiger partial charge in [0.1, 0.15) is 11.8 Å². The second-order valence-corrected chi connectivity index (χ2v) is 8.77. The lowest BCUT2D eigenvalue weighted by Gasteiger charge is -2.25. The lowest BCUT2D eigenvalue weighted by atomic mass is 10.2. The van der Waals surface area contributed by atoms with Crippen LogP contribution >= 0.6 is 11.6 Å². The molecule has 0 aliphatic carbocycles. The monoisotopic (exact) mass is 518 g/mol. The van der Waals surface area contributed by atoms with Crippen LogP contribution in [-0.4, -0.2) is 47.5 Å². The highest BCUT2D eigenvalue weighted by atomic mass is 35.5. The number of carbonyl (C=O) groups excluding carboxylic acids is 2. The van der Waals surface area contributed by atoms with E-state index in [2.05, 4.69) is 21.4 Å². The van der Waals surface area contributed by atoms with E-state index >= 15 is 0 Å². The van der Waals surface area contributed by atoms with Crippen molar-refractivity contribution < 1.29 is 14.3 Å². The van der Waals surface area contributed by atoms with Crippen LogP contribution in [0.5, 0.6) is 5.75 Å². The summed E-state index contributed by atoms with van der Waals surface area (Å²) in [5, 5.41) is 12.3. The molecule has 0 fully saturated rings. The molecule has 37 heavy (non-hydrogen) atoms. The van der Waals surface area contributed by atoms with E-state index in [1.807, 2.05) is 13.8 Å². The van der Waals surface area contributed by atoms with Crippen molar-refractivity contribution in [2.24, 2.45) is 9.98 Å². The van der Waals surface area contributed by atoms with Gasteiger partial charge in [0.25, 0.3) is 0 Å². The Morgan fingerprint density at radius 3 is 2.54 bits per heavy atom. The summed E-state index contributed by atoms with van der Waals surface area (Å²) in [6.07, 6.45) is 6.12. The van der Waals surface area contributed by atoms with Gasteiger partial charge in [-0.1, -0.05) is 29.8 Å². The van der Waals surface area contributed by atoms with Crippen molar-refractivity contribution in [3.8, 4) is 11.8 Å². The van der Waals surface area contributed by atoms with Gasteiger partial charge in [0.2, 0.25) is 18.3 Å². The number of amides is 3. The molecule has 3 amide bonds. The summed E-state index contributed by atoms with van der Waals surface area (Å²) >= 11 is 5.97. The molecule has 1 aliphatic heterocycles. The molecular weight excluding hydrogens is 492 g/mol. The third-order valence-electron chi connectivity index (χ3n) is 5.36.